The second-order valence-electron chi connectivity index (χ2n) is 6.93. The van der Waals surface area contributed by atoms with Gasteiger partial charge >= 0.3 is 0 Å². The molecule has 2 amide bonds. The average Bonchev–Trinajstić information content (AvgIpc) is 3.21. The third kappa shape index (κ3) is 5.02. The summed E-state index contributed by atoms with van der Waals surface area (Å²) in [5.41, 5.74) is 1.32. The molecule has 0 unspecified atom stereocenters. The first kappa shape index (κ1) is 21.0. The molecular weight excluding hydrogens is 389 g/mol. The SMILES string of the molecule is COc1ccc(C(=O)Nc2cc(F)ccc2C(=O)NCc2cc(C(C)C)no2)cc1. The van der Waals surface area contributed by atoms with E-state index in [4.69, 9.17) is 9.26 Å². The van der Waals surface area contributed by atoms with E-state index in [1.807, 2.05) is 13.8 Å². The fourth-order valence-corrected chi connectivity index (χ4v) is 2.70. The van der Waals surface area contributed by atoms with E-state index < -0.39 is 17.6 Å². The van der Waals surface area contributed by atoms with E-state index in [-0.39, 0.29) is 23.7 Å². The molecule has 0 spiro atoms. The van der Waals surface area contributed by atoms with E-state index >= 15 is 0 Å². The predicted octanol–water partition coefficient (Wildman–Crippen LogP) is 4.13. The maximum atomic E-state index is 13.8. The standard InChI is InChI=1S/C22H22FN3O4/c1-13(2)19-11-17(30-26-19)12-24-22(28)18-9-6-15(23)10-20(18)25-21(27)14-4-7-16(29-3)8-5-14/h4-11,13H,12H2,1-3H3,(H,24,28)(H,25,27). The monoisotopic (exact) mass is 411 g/mol. The fraction of sp³-hybridized carbons (Fsp3) is 0.227. The van der Waals surface area contributed by atoms with Crippen molar-refractivity contribution in [1.29, 1.82) is 0 Å². The number of methoxy groups -OCH3 is 1. The van der Waals surface area contributed by atoms with E-state index in [9.17, 15) is 14.0 Å². The van der Waals surface area contributed by atoms with Crippen LogP contribution in [0.15, 0.2) is 53.1 Å². The van der Waals surface area contributed by atoms with Crippen molar-refractivity contribution in [3.8, 4) is 5.75 Å². The normalized spacial score (nSPS) is 10.7. The first-order valence-electron chi connectivity index (χ1n) is 9.36. The molecular formula is C22H22FN3O4. The van der Waals surface area contributed by atoms with Crippen molar-refractivity contribution < 1.29 is 23.2 Å². The van der Waals surface area contributed by atoms with Gasteiger partial charge in [0.2, 0.25) is 0 Å². The second-order valence-corrected chi connectivity index (χ2v) is 6.93. The summed E-state index contributed by atoms with van der Waals surface area (Å²) in [6.45, 7) is 4.08. The summed E-state index contributed by atoms with van der Waals surface area (Å²) in [5.74, 6) is -0.233. The quantitative estimate of drug-likeness (QED) is 0.610. The number of ether oxygens (including phenoxy) is 1. The number of aromatic nitrogens is 1. The summed E-state index contributed by atoms with van der Waals surface area (Å²) in [6, 6.07) is 11.8. The van der Waals surface area contributed by atoms with E-state index in [0.29, 0.717) is 17.1 Å². The summed E-state index contributed by atoms with van der Waals surface area (Å²) in [6.07, 6.45) is 0. The van der Waals surface area contributed by atoms with Crippen molar-refractivity contribution in [1.82, 2.24) is 10.5 Å². The first-order valence-corrected chi connectivity index (χ1v) is 9.36. The van der Waals surface area contributed by atoms with Crippen LogP contribution < -0.4 is 15.4 Å². The minimum atomic E-state index is -0.576. The third-order valence-electron chi connectivity index (χ3n) is 4.42. The van der Waals surface area contributed by atoms with E-state index in [1.54, 1.807) is 30.3 Å². The molecule has 156 valence electrons. The van der Waals surface area contributed by atoms with Gasteiger partial charge in [0.05, 0.1) is 30.6 Å². The van der Waals surface area contributed by atoms with Gasteiger partial charge in [-0.05, 0) is 48.4 Å². The molecule has 0 saturated carbocycles. The molecule has 3 rings (SSSR count). The lowest BCUT2D eigenvalue weighted by molar-refractivity contribution is 0.0948. The average molecular weight is 411 g/mol. The zero-order valence-corrected chi connectivity index (χ0v) is 16.9. The molecule has 0 aliphatic heterocycles. The van der Waals surface area contributed by atoms with Crippen LogP contribution in [0.5, 0.6) is 5.75 Å². The second kappa shape index (κ2) is 9.21. The van der Waals surface area contributed by atoms with Crippen LogP contribution in [-0.4, -0.2) is 24.1 Å². The van der Waals surface area contributed by atoms with E-state index in [1.165, 1.54) is 13.2 Å². The lowest BCUT2D eigenvalue weighted by Crippen LogP contribution is -2.25. The number of hydrogen-bond acceptors (Lipinski definition) is 5. The summed E-state index contributed by atoms with van der Waals surface area (Å²) in [7, 11) is 1.52. The minimum Gasteiger partial charge on any atom is -0.497 e. The van der Waals surface area contributed by atoms with Gasteiger partial charge in [0, 0.05) is 11.6 Å². The fourth-order valence-electron chi connectivity index (χ4n) is 2.70. The van der Waals surface area contributed by atoms with Crippen LogP contribution in [0.4, 0.5) is 10.1 Å². The smallest absolute Gasteiger partial charge is 0.255 e. The molecule has 0 radical (unpaired) electrons. The highest BCUT2D eigenvalue weighted by atomic mass is 19.1. The molecule has 3 aromatic rings. The number of benzene rings is 2. The number of nitrogens with zero attached hydrogens (tertiary/aromatic N) is 1. The van der Waals surface area contributed by atoms with Crippen LogP contribution in [0.1, 0.15) is 51.9 Å². The molecule has 7 nitrogen and oxygen atoms in total. The van der Waals surface area contributed by atoms with Crippen molar-refractivity contribution in [2.24, 2.45) is 0 Å². The molecule has 2 aromatic carbocycles. The summed E-state index contributed by atoms with van der Waals surface area (Å²) in [5, 5.41) is 9.22. The van der Waals surface area contributed by atoms with Gasteiger partial charge < -0.3 is 19.9 Å². The Kier molecular flexibility index (Phi) is 6.46. The van der Waals surface area contributed by atoms with Crippen molar-refractivity contribution in [2.75, 3.05) is 12.4 Å². The lowest BCUT2D eigenvalue weighted by Gasteiger charge is -2.11. The summed E-state index contributed by atoms with van der Waals surface area (Å²) in [4.78, 5) is 25.1. The Hall–Kier alpha value is -3.68. The molecule has 0 bridgehead atoms. The Morgan fingerprint density at radius 1 is 1.10 bits per heavy atom. The summed E-state index contributed by atoms with van der Waals surface area (Å²) < 4.78 is 24.0. The van der Waals surface area contributed by atoms with Crippen LogP contribution in [0.25, 0.3) is 0 Å². The zero-order valence-electron chi connectivity index (χ0n) is 16.9. The minimum absolute atomic E-state index is 0.0637. The van der Waals surface area contributed by atoms with Gasteiger partial charge in [0.1, 0.15) is 11.6 Å². The number of carbonyl (C=O) groups excluding carboxylic acids is 2. The summed E-state index contributed by atoms with van der Waals surface area (Å²) >= 11 is 0. The number of anilines is 1. The van der Waals surface area contributed by atoms with Gasteiger partial charge in [-0.25, -0.2) is 4.39 Å². The van der Waals surface area contributed by atoms with Crippen LogP contribution in [0.3, 0.4) is 0 Å². The molecule has 0 atom stereocenters. The Balaban J connectivity index is 1.73. The Morgan fingerprint density at radius 3 is 2.47 bits per heavy atom. The maximum Gasteiger partial charge on any atom is 0.255 e. The van der Waals surface area contributed by atoms with Gasteiger partial charge in [-0.2, -0.15) is 0 Å². The van der Waals surface area contributed by atoms with Crippen molar-refractivity contribution in [3.05, 3.63) is 76.9 Å². The maximum absolute atomic E-state index is 13.8. The van der Waals surface area contributed by atoms with Crippen LogP contribution in [0, 0.1) is 5.82 Å². The third-order valence-corrected chi connectivity index (χ3v) is 4.42. The zero-order chi connectivity index (χ0) is 21.7. The molecule has 0 saturated heterocycles. The van der Waals surface area contributed by atoms with Gasteiger partial charge in [0.25, 0.3) is 11.8 Å². The Labute approximate surface area is 173 Å². The highest BCUT2D eigenvalue weighted by Crippen LogP contribution is 2.20. The molecule has 2 N–H and O–H groups in total. The number of amides is 2. The first-order chi connectivity index (χ1) is 14.4. The van der Waals surface area contributed by atoms with Crippen LogP contribution in [-0.2, 0) is 6.54 Å². The van der Waals surface area contributed by atoms with E-state index in [2.05, 4.69) is 15.8 Å². The van der Waals surface area contributed by atoms with Crippen molar-refractivity contribution in [3.63, 3.8) is 0 Å². The topological polar surface area (TPSA) is 93.5 Å². The largest absolute Gasteiger partial charge is 0.497 e. The lowest BCUT2D eigenvalue weighted by atomic mass is 10.1. The molecule has 0 aliphatic carbocycles. The van der Waals surface area contributed by atoms with E-state index in [0.717, 1.165) is 17.8 Å². The number of hydrogen-bond donors (Lipinski definition) is 2. The van der Waals surface area contributed by atoms with Gasteiger partial charge in [-0.3, -0.25) is 9.59 Å². The van der Waals surface area contributed by atoms with Crippen molar-refractivity contribution >= 4 is 17.5 Å². The number of halogens is 1. The van der Waals surface area contributed by atoms with Crippen molar-refractivity contribution in [2.45, 2.75) is 26.3 Å². The number of rotatable bonds is 7. The van der Waals surface area contributed by atoms with Crippen LogP contribution >= 0.6 is 0 Å². The Morgan fingerprint density at radius 2 is 1.83 bits per heavy atom. The molecule has 1 aromatic heterocycles. The molecule has 0 fully saturated rings. The number of carbonyl (C=O) groups is 2. The Bertz CT molecular complexity index is 1040. The van der Waals surface area contributed by atoms with Gasteiger partial charge in [0.15, 0.2) is 5.76 Å². The van der Waals surface area contributed by atoms with Gasteiger partial charge in [-0.15, -0.1) is 0 Å². The molecule has 0 aliphatic rings. The predicted molar refractivity (Wildman–Crippen MR) is 109 cm³/mol. The highest BCUT2D eigenvalue weighted by molar-refractivity contribution is 6.09. The molecule has 30 heavy (non-hydrogen) atoms. The highest BCUT2D eigenvalue weighted by Gasteiger charge is 2.16. The van der Waals surface area contributed by atoms with Gasteiger partial charge in [-0.1, -0.05) is 19.0 Å². The molecule has 1 heterocycles. The molecule has 8 heteroatoms. The van der Waals surface area contributed by atoms with Crippen LogP contribution in [0.2, 0.25) is 0 Å². The number of nitrogens with one attached hydrogen (secondary N) is 2.